The maximum atomic E-state index is 17.5. The molecule has 1 saturated carbocycles. The van der Waals surface area contributed by atoms with Crippen LogP contribution in [0, 0.1) is 29.4 Å². The number of piperazine rings is 1. The lowest BCUT2D eigenvalue weighted by atomic mass is 9.86. The Hall–Kier alpha value is -4.04. The normalized spacial score (nSPS) is 22.1. The quantitative estimate of drug-likeness (QED) is 0.188. The summed E-state index contributed by atoms with van der Waals surface area (Å²) >= 11 is 0. The highest BCUT2D eigenvalue weighted by Gasteiger charge is 2.45. The minimum atomic E-state index is -0.579. The fraction of sp³-hybridized carbons (Fsp3) is 0.500. The van der Waals surface area contributed by atoms with Crippen LogP contribution in [0.4, 0.5) is 14.6 Å². The Bertz CT molecular complexity index is 1990. The Morgan fingerprint density at radius 1 is 1.06 bits per heavy atom. The number of nitrogens with one attached hydrogen (secondary N) is 1. The van der Waals surface area contributed by atoms with Crippen molar-refractivity contribution in [1.82, 2.24) is 20.2 Å². The van der Waals surface area contributed by atoms with Crippen LogP contribution in [0.1, 0.15) is 69.4 Å². The molecule has 2 bridgehead atoms. The molecule has 0 radical (unpaired) electrons. The van der Waals surface area contributed by atoms with E-state index in [9.17, 15) is 5.11 Å². The summed E-state index contributed by atoms with van der Waals surface area (Å²) in [6.07, 6.45) is 12.5. The van der Waals surface area contributed by atoms with Gasteiger partial charge in [0.1, 0.15) is 22.9 Å². The number of terminal acetylenes is 1. The van der Waals surface area contributed by atoms with Gasteiger partial charge < -0.3 is 29.7 Å². The summed E-state index contributed by atoms with van der Waals surface area (Å²) in [4.78, 5) is 14.5. The van der Waals surface area contributed by atoms with Crippen LogP contribution in [0.25, 0.3) is 32.8 Å². The van der Waals surface area contributed by atoms with Crippen molar-refractivity contribution in [1.29, 1.82) is 0 Å². The van der Waals surface area contributed by atoms with Crippen LogP contribution in [0.3, 0.4) is 0 Å². The monoisotopic (exact) mass is 681 g/mol. The van der Waals surface area contributed by atoms with Crippen molar-refractivity contribution in [2.24, 2.45) is 5.41 Å². The van der Waals surface area contributed by atoms with Gasteiger partial charge >= 0.3 is 6.01 Å². The highest BCUT2D eigenvalue weighted by atomic mass is 19.1. The molecule has 4 fully saturated rings. The molecule has 8 rings (SSSR count). The molecule has 50 heavy (non-hydrogen) atoms. The van der Waals surface area contributed by atoms with Gasteiger partial charge in [-0.05, 0) is 85.2 Å². The van der Waals surface area contributed by atoms with Crippen LogP contribution in [0.15, 0.2) is 30.3 Å². The first-order valence-electron chi connectivity index (χ1n) is 18.0. The van der Waals surface area contributed by atoms with Gasteiger partial charge in [-0.15, -0.1) is 6.42 Å². The van der Waals surface area contributed by atoms with Crippen molar-refractivity contribution in [2.45, 2.75) is 76.5 Å². The van der Waals surface area contributed by atoms with E-state index in [1.54, 1.807) is 13.2 Å². The standard InChI is InChI=1S/C40H45F2N5O3/c1-5-29-33(41)9-6-24-16-27(48)17-31(34(24)29)35-30(23(2)3)18-32-37(36(35)42)44-39(45-38(32)47-19-25-7-8-26(20-47)43-25)50-22-40(12-13-40)21-46-14-10-28(49-4)11-15-46/h1,6,9,16-18,23,25-26,28,43,48H,7-8,10-15,19-22H2,2-4H3. The zero-order valence-corrected chi connectivity index (χ0v) is 29.1. The Morgan fingerprint density at radius 2 is 1.80 bits per heavy atom. The smallest absolute Gasteiger partial charge is 0.319 e. The molecule has 1 aliphatic carbocycles. The highest BCUT2D eigenvalue weighted by Crippen LogP contribution is 2.48. The topological polar surface area (TPSA) is 83.0 Å². The Kier molecular flexibility index (Phi) is 8.57. The number of rotatable bonds is 9. The fourth-order valence-electron chi connectivity index (χ4n) is 8.50. The number of anilines is 1. The van der Waals surface area contributed by atoms with Crippen LogP contribution in [0.2, 0.25) is 0 Å². The zero-order valence-electron chi connectivity index (χ0n) is 29.1. The number of methoxy groups -OCH3 is 1. The third-order valence-electron chi connectivity index (χ3n) is 11.4. The number of aromatic hydroxyl groups is 1. The number of phenolic OH excluding ortho intramolecular Hbond substituents is 1. The molecular formula is C40H45F2N5O3. The number of piperidine rings is 1. The maximum Gasteiger partial charge on any atom is 0.319 e. The van der Waals surface area contributed by atoms with E-state index in [1.807, 2.05) is 19.9 Å². The lowest BCUT2D eigenvalue weighted by Crippen LogP contribution is -2.51. The number of benzene rings is 3. The molecular weight excluding hydrogens is 636 g/mol. The van der Waals surface area contributed by atoms with Crippen molar-refractivity contribution < 1.29 is 23.4 Å². The van der Waals surface area contributed by atoms with E-state index in [4.69, 9.17) is 25.9 Å². The number of hydrogen-bond donors (Lipinski definition) is 2. The van der Waals surface area contributed by atoms with Gasteiger partial charge in [-0.3, -0.25) is 0 Å². The summed E-state index contributed by atoms with van der Waals surface area (Å²) in [5, 5.41) is 16.0. The van der Waals surface area contributed by atoms with E-state index < -0.39 is 11.6 Å². The van der Waals surface area contributed by atoms with Crippen LogP contribution >= 0.6 is 0 Å². The van der Waals surface area contributed by atoms with Gasteiger partial charge in [-0.25, -0.2) is 8.78 Å². The molecule has 4 heterocycles. The number of aromatic nitrogens is 2. The first-order valence-corrected chi connectivity index (χ1v) is 18.0. The van der Waals surface area contributed by atoms with Gasteiger partial charge in [0.05, 0.1) is 18.3 Å². The second-order valence-electron chi connectivity index (χ2n) is 15.2. The largest absolute Gasteiger partial charge is 0.508 e. The Balaban J connectivity index is 1.24. The fourth-order valence-corrected chi connectivity index (χ4v) is 8.50. The molecule has 262 valence electrons. The minimum absolute atomic E-state index is 0.0218. The molecule has 0 amide bonds. The van der Waals surface area contributed by atoms with Crippen molar-refractivity contribution in [3.05, 3.63) is 53.1 Å². The Labute approximate surface area is 292 Å². The predicted octanol–water partition coefficient (Wildman–Crippen LogP) is 6.75. The van der Waals surface area contributed by atoms with E-state index in [0.29, 0.717) is 57.9 Å². The number of phenols is 1. The molecule has 1 aromatic heterocycles. The summed E-state index contributed by atoms with van der Waals surface area (Å²) in [7, 11) is 1.79. The number of halogens is 2. The molecule has 8 nitrogen and oxygen atoms in total. The van der Waals surface area contributed by atoms with Gasteiger partial charge in [0.25, 0.3) is 0 Å². The number of fused-ring (bicyclic) bond motifs is 4. The molecule has 3 saturated heterocycles. The van der Waals surface area contributed by atoms with Crippen molar-refractivity contribution >= 4 is 27.5 Å². The summed E-state index contributed by atoms with van der Waals surface area (Å²) in [5.41, 5.74) is 1.44. The van der Waals surface area contributed by atoms with E-state index in [0.717, 1.165) is 71.2 Å². The first kappa shape index (κ1) is 33.1. The van der Waals surface area contributed by atoms with E-state index in [-0.39, 0.29) is 39.7 Å². The predicted molar refractivity (Wildman–Crippen MR) is 192 cm³/mol. The Morgan fingerprint density at radius 3 is 2.46 bits per heavy atom. The van der Waals surface area contributed by atoms with E-state index >= 15 is 8.78 Å². The van der Waals surface area contributed by atoms with Gasteiger partial charge in [0.2, 0.25) is 0 Å². The SMILES string of the molecule is C#Cc1c(F)ccc2cc(O)cc(-c3c(C(C)C)cc4c(N5CC6CCC(C5)N6)nc(OCC5(CN6CCC(OC)CC6)CC5)nc4c3F)c12. The van der Waals surface area contributed by atoms with Gasteiger partial charge in [-0.2, -0.15) is 9.97 Å². The minimum Gasteiger partial charge on any atom is -0.508 e. The average molecular weight is 682 g/mol. The first-order chi connectivity index (χ1) is 24.1. The third kappa shape index (κ3) is 6.03. The second kappa shape index (κ2) is 12.9. The summed E-state index contributed by atoms with van der Waals surface area (Å²) in [6.45, 7) is 8.90. The van der Waals surface area contributed by atoms with Crippen molar-refractivity contribution in [2.75, 3.05) is 51.3 Å². The van der Waals surface area contributed by atoms with E-state index in [1.165, 1.54) is 18.2 Å². The average Bonchev–Trinajstić information content (AvgIpc) is 3.80. The zero-order chi connectivity index (χ0) is 34.7. The van der Waals surface area contributed by atoms with Crippen LogP contribution < -0.4 is 15.0 Å². The van der Waals surface area contributed by atoms with Crippen molar-refractivity contribution in [3.63, 3.8) is 0 Å². The third-order valence-corrected chi connectivity index (χ3v) is 11.4. The molecule has 4 aliphatic rings. The van der Waals surface area contributed by atoms with E-state index in [2.05, 4.69) is 21.0 Å². The molecule has 3 aromatic carbocycles. The van der Waals surface area contributed by atoms with Gasteiger partial charge in [0, 0.05) is 73.7 Å². The van der Waals surface area contributed by atoms with Crippen molar-refractivity contribution in [3.8, 4) is 35.2 Å². The number of likely N-dealkylation sites (tertiary alicyclic amines) is 1. The molecule has 0 spiro atoms. The number of hydrogen-bond acceptors (Lipinski definition) is 8. The lowest BCUT2D eigenvalue weighted by Gasteiger charge is -2.35. The highest BCUT2D eigenvalue weighted by molar-refractivity contribution is 6.05. The summed E-state index contributed by atoms with van der Waals surface area (Å²) in [5.74, 6) is 1.79. The molecule has 2 unspecified atom stereocenters. The number of nitrogens with zero attached hydrogens (tertiary/aromatic N) is 4. The molecule has 3 aliphatic heterocycles. The second-order valence-corrected chi connectivity index (χ2v) is 15.2. The molecule has 2 atom stereocenters. The van der Waals surface area contributed by atoms with Gasteiger partial charge in [0.15, 0.2) is 5.82 Å². The number of ether oxygens (including phenoxy) is 2. The van der Waals surface area contributed by atoms with Crippen LogP contribution in [0.5, 0.6) is 11.8 Å². The maximum absolute atomic E-state index is 17.5. The summed E-state index contributed by atoms with van der Waals surface area (Å²) < 4.78 is 44.6. The van der Waals surface area contributed by atoms with Gasteiger partial charge in [-0.1, -0.05) is 25.8 Å². The molecule has 4 aromatic rings. The molecule has 10 heteroatoms. The van der Waals surface area contributed by atoms with Crippen LogP contribution in [-0.2, 0) is 4.74 Å². The molecule has 2 N–H and O–H groups in total. The lowest BCUT2D eigenvalue weighted by molar-refractivity contribution is 0.0313. The summed E-state index contributed by atoms with van der Waals surface area (Å²) in [6, 6.07) is 8.62. The van der Waals surface area contributed by atoms with Crippen LogP contribution in [-0.4, -0.2) is 84.6 Å².